The fourth-order valence-corrected chi connectivity index (χ4v) is 2.42. The number of hydrogen-bond acceptors (Lipinski definition) is 6. The fourth-order valence-electron chi connectivity index (χ4n) is 2.42. The van der Waals surface area contributed by atoms with Crippen LogP contribution in [0.2, 0.25) is 0 Å². The number of anilines is 2. The van der Waals surface area contributed by atoms with Crippen molar-refractivity contribution in [2.45, 2.75) is 39.4 Å². The second-order valence-corrected chi connectivity index (χ2v) is 5.37. The Morgan fingerprint density at radius 3 is 2.83 bits per heavy atom. The van der Waals surface area contributed by atoms with Crippen molar-refractivity contribution in [3.8, 4) is 0 Å². The summed E-state index contributed by atoms with van der Waals surface area (Å²) in [5.41, 5.74) is 2.40. The number of nitrogens with zero attached hydrogens (tertiary/aromatic N) is 3. The zero-order valence-electron chi connectivity index (χ0n) is 11.4. The number of hydrazine groups is 1. The highest BCUT2D eigenvalue weighted by molar-refractivity contribution is 5.49. The Hall–Kier alpha value is -1.40. The molecule has 18 heavy (non-hydrogen) atoms. The number of morpholine rings is 1. The molecule has 0 aromatic carbocycles. The largest absolute Gasteiger partial charge is 0.369 e. The highest BCUT2D eigenvalue weighted by atomic mass is 16.5. The molecule has 6 nitrogen and oxygen atoms in total. The fraction of sp³-hybridized carbons (Fsp3) is 0.667. The van der Waals surface area contributed by atoms with Crippen molar-refractivity contribution in [2.24, 2.45) is 5.84 Å². The molecule has 0 spiro atoms. The van der Waals surface area contributed by atoms with E-state index in [1.807, 2.05) is 13.0 Å². The van der Waals surface area contributed by atoms with Crippen molar-refractivity contribution in [1.82, 2.24) is 9.97 Å². The third-order valence-corrected chi connectivity index (χ3v) is 2.87. The first-order valence-electron chi connectivity index (χ1n) is 6.15. The second-order valence-electron chi connectivity index (χ2n) is 5.37. The lowest BCUT2D eigenvalue weighted by atomic mass is 10.1. The van der Waals surface area contributed by atoms with Gasteiger partial charge in [-0.3, -0.25) is 0 Å². The van der Waals surface area contributed by atoms with Crippen molar-refractivity contribution < 1.29 is 4.74 Å². The smallest absolute Gasteiger partial charge is 0.145 e. The lowest BCUT2D eigenvalue weighted by molar-refractivity contribution is -0.0751. The summed E-state index contributed by atoms with van der Waals surface area (Å²) in [7, 11) is 0. The molecule has 2 heterocycles. The minimum Gasteiger partial charge on any atom is -0.369 e. The number of nitrogens with two attached hydrogens (primary N) is 1. The summed E-state index contributed by atoms with van der Waals surface area (Å²) in [4.78, 5) is 10.9. The maximum Gasteiger partial charge on any atom is 0.145 e. The van der Waals surface area contributed by atoms with Crippen LogP contribution in [0.5, 0.6) is 0 Å². The average molecular weight is 251 g/mol. The van der Waals surface area contributed by atoms with E-state index in [4.69, 9.17) is 10.6 Å². The van der Waals surface area contributed by atoms with Crippen molar-refractivity contribution in [3.63, 3.8) is 0 Å². The van der Waals surface area contributed by atoms with Gasteiger partial charge in [0, 0.05) is 19.2 Å². The van der Waals surface area contributed by atoms with Gasteiger partial charge in [0.25, 0.3) is 0 Å². The van der Waals surface area contributed by atoms with Crippen LogP contribution in [-0.2, 0) is 4.74 Å². The normalized spacial score (nSPS) is 22.9. The Morgan fingerprint density at radius 2 is 2.22 bits per heavy atom. The van der Waals surface area contributed by atoms with E-state index in [1.165, 1.54) is 0 Å². The third-order valence-electron chi connectivity index (χ3n) is 2.87. The van der Waals surface area contributed by atoms with Gasteiger partial charge in [0.15, 0.2) is 0 Å². The van der Waals surface area contributed by atoms with Crippen molar-refractivity contribution >= 4 is 11.6 Å². The van der Waals surface area contributed by atoms with Crippen LogP contribution in [0, 0.1) is 6.92 Å². The molecule has 3 N–H and O–H groups in total. The van der Waals surface area contributed by atoms with Crippen LogP contribution in [-0.4, -0.2) is 34.8 Å². The molecule has 1 aliphatic heterocycles. The van der Waals surface area contributed by atoms with Gasteiger partial charge in [0.05, 0.1) is 11.7 Å². The summed E-state index contributed by atoms with van der Waals surface area (Å²) < 4.78 is 5.89. The van der Waals surface area contributed by atoms with E-state index in [0.29, 0.717) is 11.6 Å². The summed E-state index contributed by atoms with van der Waals surface area (Å²) in [6.45, 7) is 9.74. The first-order chi connectivity index (χ1) is 8.39. The average Bonchev–Trinajstić information content (AvgIpc) is 2.25. The van der Waals surface area contributed by atoms with Crippen LogP contribution in [0.25, 0.3) is 0 Å². The highest BCUT2D eigenvalue weighted by Crippen LogP contribution is 2.25. The Bertz CT molecular complexity index is 434. The molecule has 0 aliphatic carbocycles. The maximum atomic E-state index is 5.89. The second kappa shape index (κ2) is 4.70. The van der Waals surface area contributed by atoms with Crippen LogP contribution in [0.3, 0.4) is 0 Å². The predicted molar refractivity (Wildman–Crippen MR) is 71.4 cm³/mol. The SMILES string of the molecule is Cc1nc(NN)cc(N2CC(C)OC(C)(C)C2)n1. The van der Waals surface area contributed by atoms with Crippen LogP contribution in [0.4, 0.5) is 11.6 Å². The molecule has 0 saturated carbocycles. The topological polar surface area (TPSA) is 76.3 Å². The molecule has 1 unspecified atom stereocenters. The maximum absolute atomic E-state index is 5.89. The van der Waals surface area contributed by atoms with Crippen molar-refractivity contribution in [3.05, 3.63) is 11.9 Å². The van der Waals surface area contributed by atoms with Gasteiger partial charge in [0.1, 0.15) is 17.5 Å². The van der Waals surface area contributed by atoms with Gasteiger partial charge in [-0.1, -0.05) is 0 Å². The van der Waals surface area contributed by atoms with Crippen LogP contribution >= 0.6 is 0 Å². The summed E-state index contributed by atoms with van der Waals surface area (Å²) in [6.07, 6.45) is 0.179. The number of aryl methyl sites for hydroxylation is 1. The molecule has 0 amide bonds. The Balaban J connectivity index is 2.27. The predicted octanol–water partition coefficient (Wildman–Crippen LogP) is 1.07. The Morgan fingerprint density at radius 1 is 1.50 bits per heavy atom. The molecule has 2 rings (SSSR count). The molecule has 1 aromatic heterocycles. The van der Waals surface area contributed by atoms with E-state index in [-0.39, 0.29) is 11.7 Å². The highest BCUT2D eigenvalue weighted by Gasteiger charge is 2.32. The number of hydrogen-bond donors (Lipinski definition) is 2. The van der Waals surface area contributed by atoms with Crippen LogP contribution in [0.15, 0.2) is 6.07 Å². The molecule has 6 heteroatoms. The first-order valence-corrected chi connectivity index (χ1v) is 6.15. The standard InChI is InChI=1S/C12H21N5O/c1-8-6-17(7-12(3,4)18-8)11-5-10(16-13)14-9(2)15-11/h5,8H,6-7,13H2,1-4H3,(H,14,15,16). The Labute approximate surface area is 108 Å². The van der Waals surface area contributed by atoms with Gasteiger partial charge in [-0.2, -0.15) is 0 Å². The number of nitrogens with one attached hydrogen (secondary N) is 1. The third kappa shape index (κ3) is 2.88. The van der Waals surface area contributed by atoms with Gasteiger partial charge >= 0.3 is 0 Å². The molecule has 1 saturated heterocycles. The first kappa shape index (κ1) is 13.0. The van der Waals surface area contributed by atoms with E-state index < -0.39 is 0 Å². The van der Waals surface area contributed by atoms with E-state index in [2.05, 4.69) is 41.1 Å². The van der Waals surface area contributed by atoms with E-state index in [0.717, 1.165) is 18.9 Å². The molecule has 0 bridgehead atoms. The zero-order chi connectivity index (χ0) is 13.3. The van der Waals surface area contributed by atoms with Gasteiger partial charge in [-0.05, 0) is 27.7 Å². The summed E-state index contributed by atoms with van der Waals surface area (Å²) >= 11 is 0. The number of nitrogen functional groups attached to an aromatic ring is 1. The molecule has 1 atom stereocenters. The molecule has 1 aliphatic rings. The van der Waals surface area contributed by atoms with Gasteiger partial charge in [-0.15, -0.1) is 0 Å². The molecule has 100 valence electrons. The molecule has 1 aromatic rings. The van der Waals surface area contributed by atoms with Crippen LogP contribution < -0.4 is 16.2 Å². The Kier molecular flexibility index (Phi) is 3.41. The van der Waals surface area contributed by atoms with Crippen molar-refractivity contribution in [1.29, 1.82) is 0 Å². The zero-order valence-corrected chi connectivity index (χ0v) is 11.4. The number of rotatable bonds is 2. The molecule has 1 fully saturated rings. The van der Waals surface area contributed by atoms with Gasteiger partial charge in [0.2, 0.25) is 0 Å². The molecule has 0 radical (unpaired) electrons. The molecular weight excluding hydrogens is 230 g/mol. The van der Waals surface area contributed by atoms with Crippen LogP contribution in [0.1, 0.15) is 26.6 Å². The van der Waals surface area contributed by atoms with Crippen molar-refractivity contribution in [2.75, 3.05) is 23.4 Å². The molecular formula is C12H21N5O. The summed E-state index contributed by atoms with van der Waals surface area (Å²) in [5, 5.41) is 0. The van der Waals surface area contributed by atoms with Gasteiger partial charge < -0.3 is 15.1 Å². The van der Waals surface area contributed by atoms with E-state index in [1.54, 1.807) is 0 Å². The quantitative estimate of drug-likeness (QED) is 0.605. The monoisotopic (exact) mass is 251 g/mol. The lowest BCUT2D eigenvalue weighted by Gasteiger charge is -2.42. The van der Waals surface area contributed by atoms with Gasteiger partial charge in [-0.25, -0.2) is 15.8 Å². The summed E-state index contributed by atoms with van der Waals surface area (Å²) in [5.74, 6) is 7.64. The lowest BCUT2D eigenvalue weighted by Crippen LogP contribution is -2.52. The van der Waals surface area contributed by atoms with E-state index >= 15 is 0 Å². The minimum absolute atomic E-state index is 0.174. The minimum atomic E-state index is -0.174. The number of ether oxygens (including phenoxy) is 1. The van der Waals surface area contributed by atoms with E-state index in [9.17, 15) is 0 Å². The number of aromatic nitrogens is 2. The summed E-state index contributed by atoms with van der Waals surface area (Å²) in [6, 6.07) is 1.86.